The number of guanidine groups is 1. The number of benzene rings is 1. The van der Waals surface area contributed by atoms with Gasteiger partial charge in [-0.15, -0.1) is 0 Å². The third kappa shape index (κ3) is 5.68. The van der Waals surface area contributed by atoms with Crippen molar-refractivity contribution < 1.29 is 9.84 Å². The van der Waals surface area contributed by atoms with Gasteiger partial charge in [0, 0.05) is 23.9 Å². The van der Waals surface area contributed by atoms with Crippen molar-refractivity contribution in [2.45, 2.75) is 44.1 Å². The van der Waals surface area contributed by atoms with Crippen molar-refractivity contribution in [3.8, 4) is 5.75 Å². The summed E-state index contributed by atoms with van der Waals surface area (Å²) < 4.78 is 5.69. The summed E-state index contributed by atoms with van der Waals surface area (Å²) in [6.45, 7) is 10.1. The van der Waals surface area contributed by atoms with E-state index in [9.17, 15) is 5.11 Å². The summed E-state index contributed by atoms with van der Waals surface area (Å²) in [5, 5.41) is 17.6. The Morgan fingerprint density at radius 3 is 2.88 bits per heavy atom. The Balaban J connectivity index is 1.97. The molecule has 1 aromatic rings. The summed E-state index contributed by atoms with van der Waals surface area (Å²) in [5.74, 6) is 2.57. The number of aliphatic hydroxyl groups is 1. The van der Waals surface area contributed by atoms with Crippen molar-refractivity contribution in [2.24, 2.45) is 4.99 Å². The standard InChI is InChI=1S/C20H31N3O2S/c1-4-13-25-17-10-8-7-9-16(17)14-22-19(21-5-2)23-15-20(24)12-11-18(20)26-6-3/h4,7-10,18,24H,1,5-6,11-15H2,2-3H3,(H2,21,22,23). The van der Waals surface area contributed by atoms with E-state index in [1.54, 1.807) is 6.08 Å². The minimum atomic E-state index is -0.637. The van der Waals surface area contributed by atoms with Gasteiger partial charge in [-0.05, 0) is 31.6 Å². The normalized spacial score (nSPS) is 22.4. The van der Waals surface area contributed by atoms with Crippen molar-refractivity contribution in [2.75, 3.05) is 25.4 Å². The first kappa shape index (κ1) is 20.6. The summed E-state index contributed by atoms with van der Waals surface area (Å²) in [5.41, 5.74) is 0.385. The highest BCUT2D eigenvalue weighted by molar-refractivity contribution is 8.00. The number of rotatable bonds is 10. The molecule has 1 fully saturated rings. The lowest BCUT2D eigenvalue weighted by Crippen LogP contribution is -2.58. The van der Waals surface area contributed by atoms with Gasteiger partial charge < -0.3 is 20.5 Å². The van der Waals surface area contributed by atoms with E-state index in [4.69, 9.17) is 4.74 Å². The van der Waals surface area contributed by atoms with Crippen LogP contribution in [-0.4, -0.2) is 47.4 Å². The van der Waals surface area contributed by atoms with Gasteiger partial charge in [0.15, 0.2) is 5.96 Å². The first-order valence-electron chi connectivity index (χ1n) is 9.30. The zero-order valence-corrected chi connectivity index (χ0v) is 16.6. The SMILES string of the molecule is C=CCOc1ccccc1CN=C(NCC)NCC1(O)CCC1SCC. The maximum absolute atomic E-state index is 10.7. The van der Waals surface area contributed by atoms with E-state index >= 15 is 0 Å². The number of nitrogens with one attached hydrogen (secondary N) is 2. The van der Waals surface area contributed by atoms with E-state index in [1.807, 2.05) is 43.0 Å². The van der Waals surface area contributed by atoms with Crippen LogP contribution in [0.3, 0.4) is 0 Å². The van der Waals surface area contributed by atoms with Crippen molar-refractivity contribution in [1.29, 1.82) is 0 Å². The van der Waals surface area contributed by atoms with Crippen LogP contribution in [0.4, 0.5) is 0 Å². The molecule has 0 spiro atoms. The fourth-order valence-corrected chi connectivity index (χ4v) is 4.10. The molecule has 0 heterocycles. The first-order valence-corrected chi connectivity index (χ1v) is 10.4. The van der Waals surface area contributed by atoms with Gasteiger partial charge >= 0.3 is 0 Å². The lowest BCUT2D eigenvalue weighted by Gasteiger charge is -2.45. The van der Waals surface area contributed by atoms with Crippen LogP contribution in [0.25, 0.3) is 0 Å². The van der Waals surface area contributed by atoms with E-state index in [0.29, 0.717) is 30.9 Å². The van der Waals surface area contributed by atoms with Crippen LogP contribution >= 0.6 is 11.8 Å². The topological polar surface area (TPSA) is 65.9 Å². The van der Waals surface area contributed by atoms with Crippen LogP contribution in [0, 0.1) is 0 Å². The predicted molar refractivity (Wildman–Crippen MR) is 111 cm³/mol. The second-order valence-corrected chi connectivity index (χ2v) is 7.82. The van der Waals surface area contributed by atoms with Crippen LogP contribution < -0.4 is 15.4 Å². The molecular formula is C20H31N3O2S. The van der Waals surface area contributed by atoms with Crippen LogP contribution in [0.5, 0.6) is 5.75 Å². The Morgan fingerprint density at radius 2 is 2.23 bits per heavy atom. The summed E-state index contributed by atoms with van der Waals surface area (Å²) in [4.78, 5) is 4.66. The van der Waals surface area contributed by atoms with Crippen LogP contribution in [-0.2, 0) is 6.54 Å². The van der Waals surface area contributed by atoms with Gasteiger partial charge in [-0.2, -0.15) is 11.8 Å². The predicted octanol–water partition coefficient (Wildman–Crippen LogP) is 2.95. The second-order valence-electron chi connectivity index (χ2n) is 6.34. The molecule has 0 bridgehead atoms. The number of hydrogen-bond donors (Lipinski definition) is 3. The third-order valence-corrected chi connectivity index (χ3v) is 5.86. The lowest BCUT2D eigenvalue weighted by molar-refractivity contribution is -0.0198. The molecule has 1 aliphatic rings. The van der Waals surface area contributed by atoms with E-state index in [0.717, 1.165) is 36.5 Å². The van der Waals surface area contributed by atoms with Crippen molar-refractivity contribution >= 4 is 17.7 Å². The Hall–Kier alpha value is -1.66. The van der Waals surface area contributed by atoms with Gasteiger partial charge in [-0.3, -0.25) is 0 Å². The lowest BCUT2D eigenvalue weighted by atomic mass is 9.79. The van der Waals surface area contributed by atoms with Crippen LogP contribution in [0.15, 0.2) is 41.9 Å². The molecule has 5 nitrogen and oxygen atoms in total. The highest BCUT2D eigenvalue weighted by Crippen LogP contribution is 2.40. The molecular weight excluding hydrogens is 346 g/mol. The third-order valence-electron chi connectivity index (χ3n) is 4.45. The van der Waals surface area contributed by atoms with Crippen molar-refractivity contribution in [3.63, 3.8) is 0 Å². The molecule has 0 radical (unpaired) electrons. The zero-order chi connectivity index (χ0) is 18.8. The largest absolute Gasteiger partial charge is 0.489 e. The Morgan fingerprint density at radius 1 is 1.42 bits per heavy atom. The van der Waals surface area contributed by atoms with Gasteiger partial charge in [-0.1, -0.05) is 37.8 Å². The van der Waals surface area contributed by atoms with Gasteiger partial charge in [0.05, 0.1) is 12.1 Å². The Labute approximate surface area is 161 Å². The quantitative estimate of drug-likeness (QED) is 0.332. The Bertz CT molecular complexity index is 608. The number of aliphatic imine (C=N–C) groups is 1. The molecule has 0 aliphatic heterocycles. The molecule has 2 unspecified atom stereocenters. The van der Waals surface area contributed by atoms with Gasteiger partial charge in [0.1, 0.15) is 12.4 Å². The van der Waals surface area contributed by atoms with Crippen molar-refractivity contribution in [3.05, 3.63) is 42.5 Å². The minimum absolute atomic E-state index is 0.316. The molecule has 1 aromatic carbocycles. The van der Waals surface area contributed by atoms with Gasteiger partial charge in [-0.25, -0.2) is 4.99 Å². The molecule has 1 aliphatic carbocycles. The molecule has 0 saturated heterocycles. The number of nitrogens with zero attached hydrogens (tertiary/aromatic N) is 1. The van der Waals surface area contributed by atoms with Crippen LogP contribution in [0.1, 0.15) is 32.3 Å². The van der Waals surface area contributed by atoms with E-state index in [-0.39, 0.29) is 0 Å². The van der Waals surface area contributed by atoms with Crippen molar-refractivity contribution in [1.82, 2.24) is 10.6 Å². The summed E-state index contributed by atoms with van der Waals surface area (Å²) in [6, 6.07) is 7.89. The molecule has 2 rings (SSSR count). The van der Waals surface area contributed by atoms with E-state index in [2.05, 4.69) is 29.1 Å². The Kier molecular flexibility index (Phi) is 8.32. The number of thioether (sulfide) groups is 1. The molecule has 1 saturated carbocycles. The summed E-state index contributed by atoms with van der Waals surface area (Å²) in [6.07, 6.45) is 3.66. The summed E-state index contributed by atoms with van der Waals surface area (Å²) in [7, 11) is 0. The highest BCUT2D eigenvalue weighted by atomic mass is 32.2. The molecule has 0 aromatic heterocycles. The van der Waals surface area contributed by atoms with Gasteiger partial charge in [0.25, 0.3) is 0 Å². The first-order chi connectivity index (χ1) is 12.6. The number of para-hydroxylation sites is 1. The molecule has 3 N–H and O–H groups in total. The molecule has 2 atom stereocenters. The zero-order valence-electron chi connectivity index (χ0n) is 15.8. The van der Waals surface area contributed by atoms with Crippen LogP contribution in [0.2, 0.25) is 0 Å². The smallest absolute Gasteiger partial charge is 0.191 e. The fourth-order valence-electron chi connectivity index (χ4n) is 2.90. The maximum Gasteiger partial charge on any atom is 0.191 e. The summed E-state index contributed by atoms with van der Waals surface area (Å²) >= 11 is 1.83. The average molecular weight is 378 g/mol. The highest BCUT2D eigenvalue weighted by Gasteiger charge is 2.45. The second kappa shape index (κ2) is 10.5. The molecule has 0 amide bonds. The average Bonchev–Trinajstić information content (AvgIpc) is 2.66. The number of ether oxygens (including phenoxy) is 1. The number of hydrogen-bond acceptors (Lipinski definition) is 4. The monoisotopic (exact) mass is 377 g/mol. The molecule has 144 valence electrons. The fraction of sp³-hybridized carbons (Fsp3) is 0.550. The molecule has 26 heavy (non-hydrogen) atoms. The molecule has 6 heteroatoms. The van der Waals surface area contributed by atoms with Gasteiger partial charge in [0.2, 0.25) is 0 Å². The maximum atomic E-state index is 10.7. The van der Waals surface area contributed by atoms with E-state index < -0.39 is 5.60 Å². The van der Waals surface area contributed by atoms with E-state index in [1.165, 1.54) is 0 Å². The minimum Gasteiger partial charge on any atom is -0.489 e.